The Morgan fingerprint density at radius 2 is 1.72 bits per heavy atom. The summed E-state index contributed by atoms with van der Waals surface area (Å²) < 4.78 is 0. The van der Waals surface area contributed by atoms with Crippen LogP contribution >= 0.6 is 0 Å². The number of carbonyl (C=O) groups is 1. The lowest BCUT2D eigenvalue weighted by atomic mass is 9.49. The number of hydrogen-bond donors (Lipinski definition) is 0. The van der Waals surface area contributed by atoms with Crippen LogP contribution in [-0.4, -0.2) is 5.78 Å². The highest BCUT2D eigenvalue weighted by molar-refractivity contribution is 5.75. The van der Waals surface area contributed by atoms with Crippen molar-refractivity contribution in [1.82, 2.24) is 0 Å². The molecule has 4 aliphatic rings. The molecule has 0 aliphatic heterocycles. The summed E-state index contributed by atoms with van der Waals surface area (Å²) in [5.41, 5.74) is 0. The van der Waals surface area contributed by atoms with Gasteiger partial charge in [-0.3, -0.25) is 0 Å². The van der Waals surface area contributed by atoms with Crippen LogP contribution in [0.25, 0.3) is 0 Å². The minimum atomic E-state index is 0.142. The lowest BCUT2D eigenvalue weighted by Crippen LogP contribution is -2.47. The summed E-state index contributed by atoms with van der Waals surface area (Å²) >= 11 is 0. The monoisotopic (exact) mass is 245 g/mol. The highest BCUT2D eigenvalue weighted by Crippen LogP contribution is 2.58. The van der Waals surface area contributed by atoms with Crippen molar-refractivity contribution in [3.63, 3.8) is 0 Å². The molecular weight excluding hydrogens is 222 g/mol. The average Bonchev–Trinajstić information content (AvgIpc) is 2.31. The van der Waals surface area contributed by atoms with E-state index in [0.29, 0.717) is 12.3 Å². The Kier molecular flexibility index (Phi) is 3.18. The number of carbonyl (C=O) groups excluding carboxylic acids is 1. The molecule has 4 aliphatic carbocycles. The topological polar surface area (TPSA) is 40.9 Å². The van der Waals surface area contributed by atoms with E-state index in [1.54, 1.807) is 6.92 Å². The number of nitriles is 1. The van der Waals surface area contributed by atoms with Crippen LogP contribution in [0.2, 0.25) is 0 Å². The van der Waals surface area contributed by atoms with Crippen LogP contribution < -0.4 is 0 Å². The molecule has 0 heterocycles. The summed E-state index contributed by atoms with van der Waals surface area (Å²) in [6, 6.07) is 2.53. The maximum Gasteiger partial charge on any atom is 0.129 e. The van der Waals surface area contributed by atoms with Gasteiger partial charge in [0.05, 0.1) is 12.0 Å². The van der Waals surface area contributed by atoms with Gasteiger partial charge in [-0.25, -0.2) is 0 Å². The molecule has 4 bridgehead atoms. The summed E-state index contributed by atoms with van der Waals surface area (Å²) in [6.07, 6.45) is 8.35. The van der Waals surface area contributed by atoms with Gasteiger partial charge in [0.25, 0.3) is 0 Å². The van der Waals surface area contributed by atoms with Crippen molar-refractivity contribution in [1.29, 1.82) is 5.26 Å². The molecule has 4 rings (SSSR count). The Morgan fingerprint density at radius 3 is 2.17 bits per heavy atom. The first-order chi connectivity index (χ1) is 8.67. The third-order valence-electron chi connectivity index (χ3n) is 5.74. The smallest absolute Gasteiger partial charge is 0.129 e. The molecule has 2 heteroatoms. The van der Waals surface area contributed by atoms with Crippen LogP contribution in [0.1, 0.15) is 51.9 Å². The predicted molar refractivity (Wildman–Crippen MR) is 69.6 cm³/mol. The number of hydrogen-bond acceptors (Lipinski definition) is 2. The minimum absolute atomic E-state index is 0.142. The van der Waals surface area contributed by atoms with Gasteiger partial charge in [0.15, 0.2) is 0 Å². The molecule has 4 saturated carbocycles. The zero-order valence-electron chi connectivity index (χ0n) is 11.3. The van der Waals surface area contributed by atoms with Crippen molar-refractivity contribution in [3.8, 4) is 6.07 Å². The number of nitrogens with zero attached hydrogens (tertiary/aromatic N) is 1. The van der Waals surface area contributed by atoms with E-state index in [0.717, 1.165) is 30.1 Å². The Balaban J connectivity index is 1.71. The van der Waals surface area contributed by atoms with E-state index in [2.05, 4.69) is 6.07 Å². The maximum atomic E-state index is 11.1. The van der Waals surface area contributed by atoms with Crippen LogP contribution in [0.4, 0.5) is 0 Å². The summed E-state index contributed by atoms with van der Waals surface area (Å²) in [5, 5.41) is 9.46. The summed E-state index contributed by atoms with van der Waals surface area (Å²) in [4.78, 5) is 11.1. The van der Waals surface area contributed by atoms with E-state index in [1.807, 2.05) is 0 Å². The van der Waals surface area contributed by atoms with Gasteiger partial charge in [-0.2, -0.15) is 5.26 Å². The van der Waals surface area contributed by atoms with Gasteiger partial charge in [0.1, 0.15) is 5.78 Å². The van der Waals surface area contributed by atoms with Gasteiger partial charge in [-0.15, -0.1) is 0 Å². The number of rotatable bonds is 4. The summed E-state index contributed by atoms with van der Waals surface area (Å²) in [5.74, 6) is 4.53. The molecule has 0 spiro atoms. The van der Waals surface area contributed by atoms with E-state index in [1.165, 1.54) is 32.1 Å². The SMILES string of the molecule is CC(=O)CCC(C#N)C1C2CC3CC(C2)CC1C3. The first-order valence-electron chi connectivity index (χ1n) is 7.56. The average molecular weight is 245 g/mol. The molecule has 98 valence electrons. The van der Waals surface area contributed by atoms with Gasteiger partial charge in [-0.05, 0) is 75.0 Å². The largest absolute Gasteiger partial charge is 0.300 e. The second-order valence-corrected chi connectivity index (χ2v) is 6.98. The lowest BCUT2D eigenvalue weighted by molar-refractivity contribution is -0.117. The Hall–Kier alpha value is -0.840. The van der Waals surface area contributed by atoms with Crippen molar-refractivity contribution in [2.24, 2.45) is 35.5 Å². The summed E-state index contributed by atoms with van der Waals surface area (Å²) in [7, 11) is 0. The zero-order valence-corrected chi connectivity index (χ0v) is 11.3. The normalized spacial score (nSPS) is 42.6. The zero-order chi connectivity index (χ0) is 12.7. The first kappa shape index (κ1) is 12.2. The lowest BCUT2D eigenvalue weighted by Gasteiger charge is -2.55. The van der Waals surface area contributed by atoms with Crippen molar-refractivity contribution in [2.75, 3.05) is 0 Å². The predicted octanol–water partition coefficient (Wildman–Crippen LogP) is 3.57. The molecule has 1 atom stereocenters. The van der Waals surface area contributed by atoms with Crippen LogP contribution in [0, 0.1) is 46.8 Å². The molecule has 0 radical (unpaired) electrons. The highest BCUT2D eigenvalue weighted by atomic mass is 16.1. The summed E-state index contributed by atoms with van der Waals surface area (Å²) in [6.45, 7) is 1.64. The molecule has 0 aromatic heterocycles. The Labute approximate surface area is 110 Å². The molecule has 18 heavy (non-hydrogen) atoms. The van der Waals surface area contributed by atoms with Crippen molar-refractivity contribution >= 4 is 5.78 Å². The molecule has 4 fully saturated rings. The molecule has 0 aromatic rings. The third-order valence-corrected chi connectivity index (χ3v) is 5.74. The molecule has 2 nitrogen and oxygen atoms in total. The first-order valence-corrected chi connectivity index (χ1v) is 7.56. The standard InChI is InChI=1S/C16H23NO/c1-10(18)2-3-13(9-17)16-14-5-11-4-12(7-14)8-15(16)6-11/h11-16H,2-8H2,1H3. The highest BCUT2D eigenvalue weighted by Gasteiger charge is 2.50. The van der Waals surface area contributed by atoms with E-state index < -0.39 is 0 Å². The van der Waals surface area contributed by atoms with Crippen LogP contribution in [-0.2, 0) is 4.79 Å². The molecule has 0 saturated heterocycles. The Bertz CT molecular complexity index is 353. The van der Waals surface area contributed by atoms with Crippen LogP contribution in [0.15, 0.2) is 0 Å². The fourth-order valence-electron chi connectivity index (χ4n) is 5.33. The Morgan fingerprint density at radius 1 is 1.17 bits per heavy atom. The molecular formula is C16H23NO. The van der Waals surface area contributed by atoms with Gasteiger partial charge >= 0.3 is 0 Å². The number of ketones is 1. The second-order valence-electron chi connectivity index (χ2n) is 6.98. The van der Waals surface area contributed by atoms with E-state index >= 15 is 0 Å². The molecule has 0 N–H and O–H groups in total. The molecule has 0 amide bonds. The fraction of sp³-hybridized carbons (Fsp3) is 0.875. The maximum absolute atomic E-state index is 11.1. The van der Waals surface area contributed by atoms with E-state index in [4.69, 9.17) is 0 Å². The number of Topliss-reactive ketones (excluding diaryl/α,β-unsaturated/α-hetero) is 1. The minimum Gasteiger partial charge on any atom is -0.300 e. The molecule has 0 aromatic carbocycles. The van der Waals surface area contributed by atoms with E-state index in [9.17, 15) is 10.1 Å². The third kappa shape index (κ3) is 2.09. The fourth-order valence-corrected chi connectivity index (χ4v) is 5.33. The second kappa shape index (κ2) is 4.68. The quantitative estimate of drug-likeness (QED) is 0.759. The van der Waals surface area contributed by atoms with Crippen LogP contribution in [0.3, 0.4) is 0 Å². The van der Waals surface area contributed by atoms with Gasteiger partial charge in [-0.1, -0.05) is 0 Å². The van der Waals surface area contributed by atoms with Gasteiger partial charge < -0.3 is 4.79 Å². The van der Waals surface area contributed by atoms with Crippen molar-refractivity contribution in [3.05, 3.63) is 0 Å². The van der Waals surface area contributed by atoms with Crippen molar-refractivity contribution < 1.29 is 4.79 Å². The van der Waals surface area contributed by atoms with Crippen LogP contribution in [0.5, 0.6) is 0 Å². The van der Waals surface area contributed by atoms with Gasteiger partial charge in [0, 0.05) is 6.42 Å². The van der Waals surface area contributed by atoms with E-state index in [-0.39, 0.29) is 11.7 Å². The van der Waals surface area contributed by atoms with Gasteiger partial charge in [0.2, 0.25) is 0 Å². The van der Waals surface area contributed by atoms with Crippen molar-refractivity contribution in [2.45, 2.75) is 51.9 Å². The molecule has 1 unspecified atom stereocenters.